The van der Waals surface area contributed by atoms with E-state index in [4.69, 9.17) is 15.2 Å². The van der Waals surface area contributed by atoms with Gasteiger partial charge in [-0.25, -0.2) is 0 Å². The predicted molar refractivity (Wildman–Crippen MR) is 66.4 cm³/mol. The van der Waals surface area contributed by atoms with Gasteiger partial charge in [0.1, 0.15) is 5.75 Å². The van der Waals surface area contributed by atoms with Gasteiger partial charge in [0.25, 0.3) is 0 Å². The molecule has 0 aromatic heterocycles. The first-order chi connectivity index (χ1) is 8.04. The van der Waals surface area contributed by atoms with E-state index in [1.807, 2.05) is 13.8 Å². The van der Waals surface area contributed by atoms with Crippen LogP contribution in [0.25, 0.3) is 0 Å². The summed E-state index contributed by atoms with van der Waals surface area (Å²) in [5.41, 5.74) is 6.25. The monoisotopic (exact) mass is 237 g/mol. The fourth-order valence-corrected chi connectivity index (χ4v) is 1.44. The summed E-state index contributed by atoms with van der Waals surface area (Å²) in [6.07, 6.45) is 0.118. The van der Waals surface area contributed by atoms with Gasteiger partial charge in [0.2, 0.25) is 0 Å². The van der Waals surface area contributed by atoms with E-state index in [0.717, 1.165) is 5.75 Å². The Labute approximate surface area is 102 Å². The molecule has 1 rings (SSSR count). The average Bonchev–Trinajstić information content (AvgIpc) is 2.28. The molecule has 1 atom stereocenters. The van der Waals surface area contributed by atoms with Gasteiger partial charge in [-0.2, -0.15) is 0 Å². The molecule has 0 bridgehead atoms. The number of hydrogen-bond donors (Lipinski definition) is 1. The topological polar surface area (TPSA) is 61.5 Å². The predicted octanol–water partition coefficient (Wildman–Crippen LogP) is 1.63. The molecule has 1 aromatic carbocycles. The highest BCUT2D eigenvalue weighted by molar-refractivity contribution is 6.00. The third-order valence-corrected chi connectivity index (χ3v) is 2.19. The molecular weight excluding hydrogens is 218 g/mol. The molecule has 0 spiro atoms. The fraction of sp³-hybridized carbons (Fsp3) is 0.462. The van der Waals surface area contributed by atoms with Crippen LogP contribution in [-0.4, -0.2) is 31.6 Å². The molecular formula is C13H19NO3. The summed E-state index contributed by atoms with van der Waals surface area (Å²) in [6, 6.07) is 6.36. The molecule has 1 unspecified atom stereocenters. The third kappa shape index (κ3) is 4.17. The van der Waals surface area contributed by atoms with Crippen molar-refractivity contribution in [3.63, 3.8) is 0 Å². The molecule has 94 valence electrons. The molecule has 4 heteroatoms. The molecule has 0 heterocycles. The lowest BCUT2D eigenvalue weighted by Gasteiger charge is -2.11. The van der Waals surface area contributed by atoms with Gasteiger partial charge in [-0.05, 0) is 38.1 Å². The molecule has 0 amide bonds. The summed E-state index contributed by atoms with van der Waals surface area (Å²) in [5.74, 6) is 0.625. The van der Waals surface area contributed by atoms with E-state index < -0.39 is 6.04 Å². The molecule has 0 fully saturated rings. The summed E-state index contributed by atoms with van der Waals surface area (Å²) < 4.78 is 10.3. The number of methoxy groups -OCH3 is 1. The van der Waals surface area contributed by atoms with E-state index in [2.05, 4.69) is 0 Å². The normalized spacial score (nSPS) is 12.5. The first kappa shape index (κ1) is 13.7. The highest BCUT2D eigenvalue weighted by atomic mass is 16.5. The Morgan fingerprint density at radius 2 is 1.88 bits per heavy atom. The van der Waals surface area contributed by atoms with E-state index in [9.17, 15) is 4.79 Å². The SMILES string of the molecule is COCC(N)C(=O)c1ccc(OC(C)C)cc1. The summed E-state index contributed by atoms with van der Waals surface area (Å²) in [5, 5.41) is 0. The van der Waals surface area contributed by atoms with Crippen molar-refractivity contribution < 1.29 is 14.3 Å². The van der Waals surface area contributed by atoms with Gasteiger partial charge in [-0.3, -0.25) is 4.79 Å². The lowest BCUT2D eigenvalue weighted by molar-refractivity contribution is 0.0892. The maximum atomic E-state index is 11.8. The zero-order valence-corrected chi connectivity index (χ0v) is 10.5. The van der Waals surface area contributed by atoms with E-state index >= 15 is 0 Å². The van der Waals surface area contributed by atoms with Gasteiger partial charge < -0.3 is 15.2 Å². The summed E-state index contributed by atoms with van der Waals surface area (Å²) in [7, 11) is 1.52. The Balaban J connectivity index is 2.70. The number of Topliss-reactive ketones (excluding diaryl/α,β-unsaturated/α-hetero) is 1. The first-order valence-corrected chi connectivity index (χ1v) is 5.60. The average molecular weight is 237 g/mol. The van der Waals surface area contributed by atoms with Crippen LogP contribution in [0, 0.1) is 0 Å². The molecule has 0 aliphatic rings. The van der Waals surface area contributed by atoms with Crippen LogP contribution in [0.3, 0.4) is 0 Å². The second kappa shape index (κ2) is 6.37. The molecule has 2 N–H and O–H groups in total. The van der Waals surface area contributed by atoms with Gasteiger partial charge >= 0.3 is 0 Å². The number of ketones is 1. The molecule has 1 aromatic rings. The van der Waals surface area contributed by atoms with Gasteiger partial charge in [-0.15, -0.1) is 0 Å². The van der Waals surface area contributed by atoms with E-state index in [-0.39, 0.29) is 18.5 Å². The molecule has 4 nitrogen and oxygen atoms in total. The molecule has 17 heavy (non-hydrogen) atoms. The number of benzene rings is 1. The number of nitrogens with two attached hydrogens (primary N) is 1. The van der Waals surface area contributed by atoms with Crippen LogP contribution < -0.4 is 10.5 Å². The largest absolute Gasteiger partial charge is 0.491 e. The standard InChI is InChI=1S/C13H19NO3/c1-9(2)17-11-6-4-10(5-7-11)13(15)12(14)8-16-3/h4-7,9,12H,8,14H2,1-3H3. The lowest BCUT2D eigenvalue weighted by atomic mass is 10.1. The quantitative estimate of drug-likeness (QED) is 0.764. The Morgan fingerprint density at radius 1 is 1.29 bits per heavy atom. The van der Waals surface area contributed by atoms with Gasteiger partial charge in [0.05, 0.1) is 18.8 Å². The van der Waals surface area contributed by atoms with Gasteiger partial charge in [0, 0.05) is 12.7 Å². The second-order valence-corrected chi connectivity index (χ2v) is 4.12. The maximum Gasteiger partial charge on any atom is 0.181 e. The van der Waals surface area contributed by atoms with E-state index in [1.165, 1.54) is 7.11 Å². The minimum atomic E-state index is -0.614. The van der Waals surface area contributed by atoms with Crippen molar-refractivity contribution >= 4 is 5.78 Å². The number of ether oxygens (including phenoxy) is 2. The number of carbonyl (C=O) groups is 1. The summed E-state index contributed by atoms with van der Waals surface area (Å²) in [4.78, 5) is 11.8. The molecule has 0 radical (unpaired) electrons. The van der Waals surface area contributed by atoms with Crippen molar-refractivity contribution in [3.05, 3.63) is 29.8 Å². The summed E-state index contributed by atoms with van der Waals surface area (Å²) >= 11 is 0. The molecule has 0 aliphatic heterocycles. The Kier molecular flexibility index (Phi) is 5.12. The zero-order valence-electron chi connectivity index (χ0n) is 10.5. The molecule has 0 saturated heterocycles. The van der Waals surface area contributed by atoms with Crippen molar-refractivity contribution in [1.82, 2.24) is 0 Å². The Hall–Kier alpha value is -1.39. The van der Waals surface area contributed by atoms with Crippen molar-refractivity contribution in [2.75, 3.05) is 13.7 Å². The van der Waals surface area contributed by atoms with Crippen molar-refractivity contribution in [2.24, 2.45) is 5.73 Å². The Morgan fingerprint density at radius 3 is 2.35 bits per heavy atom. The van der Waals surface area contributed by atoms with Gasteiger partial charge in [-0.1, -0.05) is 0 Å². The second-order valence-electron chi connectivity index (χ2n) is 4.12. The van der Waals surface area contributed by atoms with Crippen LogP contribution in [0.4, 0.5) is 0 Å². The molecule has 0 saturated carbocycles. The van der Waals surface area contributed by atoms with Crippen LogP contribution in [0.1, 0.15) is 24.2 Å². The van der Waals surface area contributed by atoms with Crippen molar-refractivity contribution in [1.29, 1.82) is 0 Å². The minimum Gasteiger partial charge on any atom is -0.491 e. The third-order valence-electron chi connectivity index (χ3n) is 2.19. The lowest BCUT2D eigenvalue weighted by Crippen LogP contribution is -2.34. The zero-order chi connectivity index (χ0) is 12.8. The van der Waals surface area contributed by atoms with E-state index in [1.54, 1.807) is 24.3 Å². The van der Waals surface area contributed by atoms with Crippen LogP contribution >= 0.6 is 0 Å². The van der Waals surface area contributed by atoms with E-state index in [0.29, 0.717) is 5.56 Å². The number of hydrogen-bond acceptors (Lipinski definition) is 4. The van der Waals surface area contributed by atoms with Crippen molar-refractivity contribution in [3.8, 4) is 5.75 Å². The Bertz CT molecular complexity index is 359. The number of carbonyl (C=O) groups excluding carboxylic acids is 1. The molecule has 0 aliphatic carbocycles. The van der Waals surface area contributed by atoms with Crippen LogP contribution in [0.5, 0.6) is 5.75 Å². The number of rotatable bonds is 6. The van der Waals surface area contributed by atoms with Gasteiger partial charge in [0.15, 0.2) is 5.78 Å². The van der Waals surface area contributed by atoms with Crippen LogP contribution in [0.15, 0.2) is 24.3 Å². The summed E-state index contributed by atoms with van der Waals surface area (Å²) in [6.45, 7) is 4.13. The highest BCUT2D eigenvalue weighted by Crippen LogP contribution is 2.14. The first-order valence-electron chi connectivity index (χ1n) is 5.60. The smallest absolute Gasteiger partial charge is 0.181 e. The minimum absolute atomic E-state index is 0.118. The van der Waals surface area contributed by atoms with Crippen LogP contribution in [-0.2, 0) is 4.74 Å². The fourth-order valence-electron chi connectivity index (χ4n) is 1.44. The van der Waals surface area contributed by atoms with Crippen molar-refractivity contribution in [2.45, 2.75) is 26.0 Å². The highest BCUT2D eigenvalue weighted by Gasteiger charge is 2.15. The van der Waals surface area contributed by atoms with Crippen LogP contribution in [0.2, 0.25) is 0 Å². The maximum absolute atomic E-state index is 11.8.